The summed E-state index contributed by atoms with van der Waals surface area (Å²) in [5, 5.41) is 0. The normalized spacial score (nSPS) is 14.8. The monoisotopic (exact) mass is 360 g/mol. The first-order valence-corrected chi connectivity index (χ1v) is 9.55. The van der Waals surface area contributed by atoms with Crippen LogP contribution in [0.15, 0.2) is 41.3 Å². The Balaban J connectivity index is 2.16. The highest BCUT2D eigenvalue weighted by atomic mass is 32.2. The lowest BCUT2D eigenvalue weighted by molar-refractivity contribution is -0.133. The van der Waals surface area contributed by atoms with Crippen molar-refractivity contribution in [1.82, 2.24) is 0 Å². The molecule has 0 bridgehead atoms. The highest BCUT2D eigenvalue weighted by Gasteiger charge is 2.28. The smallest absolute Gasteiger partial charge is 0.339 e. The Morgan fingerprint density at radius 1 is 1.00 bits per heavy atom. The fourth-order valence-electron chi connectivity index (χ4n) is 2.81. The van der Waals surface area contributed by atoms with Gasteiger partial charge in [0.25, 0.3) is 0 Å². The molecule has 1 aliphatic heterocycles. The first-order valence-electron chi connectivity index (χ1n) is 7.66. The number of aryl methyl sites for hydroxylation is 2. The molecule has 1 aliphatic rings. The van der Waals surface area contributed by atoms with E-state index in [0.29, 0.717) is 22.3 Å². The Labute approximate surface area is 145 Å². The molecule has 25 heavy (non-hydrogen) atoms. The Hall–Kier alpha value is -2.47. The van der Waals surface area contributed by atoms with Crippen LogP contribution in [-0.4, -0.2) is 27.2 Å². The van der Waals surface area contributed by atoms with E-state index >= 15 is 0 Å². The van der Waals surface area contributed by atoms with Crippen LogP contribution in [0.25, 0.3) is 11.1 Å². The number of benzene rings is 2. The molecule has 0 aliphatic carbocycles. The van der Waals surface area contributed by atoms with Crippen LogP contribution in [0.5, 0.6) is 0 Å². The van der Waals surface area contributed by atoms with E-state index in [1.807, 2.05) is 32.0 Å². The maximum atomic E-state index is 14.2. The van der Waals surface area contributed by atoms with E-state index in [1.54, 1.807) is 0 Å². The summed E-state index contributed by atoms with van der Waals surface area (Å²) in [5.41, 5.74) is 4.20. The van der Waals surface area contributed by atoms with E-state index in [4.69, 9.17) is 4.74 Å². The van der Waals surface area contributed by atoms with E-state index in [-0.39, 0.29) is 11.5 Å². The third-order valence-electron chi connectivity index (χ3n) is 4.33. The van der Waals surface area contributed by atoms with Crippen molar-refractivity contribution in [3.05, 3.63) is 64.5 Å². The number of rotatable bonds is 3. The third kappa shape index (κ3) is 3.22. The van der Waals surface area contributed by atoms with Gasteiger partial charge in [-0.2, -0.15) is 0 Å². The highest BCUT2D eigenvalue weighted by Crippen LogP contribution is 2.34. The maximum absolute atomic E-state index is 14.2. The van der Waals surface area contributed by atoms with Crippen LogP contribution in [0, 0.1) is 19.7 Å². The third-order valence-corrected chi connectivity index (χ3v) is 5.46. The Kier molecular flexibility index (Phi) is 4.24. The van der Waals surface area contributed by atoms with Crippen molar-refractivity contribution in [2.24, 2.45) is 0 Å². The van der Waals surface area contributed by atoms with Gasteiger partial charge in [0.2, 0.25) is 0 Å². The lowest BCUT2D eigenvalue weighted by atomic mass is 9.94. The zero-order valence-electron chi connectivity index (χ0n) is 14.1. The van der Waals surface area contributed by atoms with Crippen molar-refractivity contribution in [3.8, 4) is 0 Å². The predicted octanol–water partition coefficient (Wildman–Crippen LogP) is 3.31. The van der Waals surface area contributed by atoms with Gasteiger partial charge in [0.05, 0.1) is 5.57 Å². The zero-order valence-corrected chi connectivity index (χ0v) is 14.9. The van der Waals surface area contributed by atoms with E-state index in [1.165, 1.54) is 12.1 Å². The Morgan fingerprint density at radius 2 is 1.68 bits per heavy atom. The van der Waals surface area contributed by atoms with Gasteiger partial charge in [-0.25, -0.2) is 17.6 Å². The molecular weight excluding hydrogens is 343 g/mol. The molecule has 0 spiro atoms. The number of sulfone groups is 1. The van der Waals surface area contributed by atoms with E-state index in [0.717, 1.165) is 23.4 Å². The number of ether oxygens (including phenoxy) is 1. The molecule has 6 heteroatoms. The molecule has 3 rings (SSSR count). The Morgan fingerprint density at radius 3 is 2.28 bits per heavy atom. The average molecular weight is 360 g/mol. The fourth-order valence-corrected chi connectivity index (χ4v) is 3.54. The number of esters is 1. The van der Waals surface area contributed by atoms with E-state index in [2.05, 4.69) is 0 Å². The van der Waals surface area contributed by atoms with Crippen molar-refractivity contribution in [3.63, 3.8) is 0 Å². The van der Waals surface area contributed by atoms with Crippen LogP contribution in [0.2, 0.25) is 0 Å². The minimum absolute atomic E-state index is 0.0265. The molecule has 0 radical (unpaired) electrons. The first kappa shape index (κ1) is 17.4. The van der Waals surface area contributed by atoms with Gasteiger partial charge in [0.1, 0.15) is 17.3 Å². The maximum Gasteiger partial charge on any atom is 0.339 e. The van der Waals surface area contributed by atoms with Crippen molar-refractivity contribution >= 4 is 27.0 Å². The Bertz CT molecular complexity index is 1020. The molecule has 2 aromatic carbocycles. The minimum atomic E-state index is -3.65. The van der Waals surface area contributed by atoms with Gasteiger partial charge in [-0.1, -0.05) is 24.3 Å². The summed E-state index contributed by atoms with van der Waals surface area (Å²) in [5.74, 6) is -1.31. The number of cyclic esters (lactones) is 1. The molecule has 0 unspecified atom stereocenters. The number of halogens is 1. The van der Waals surface area contributed by atoms with Gasteiger partial charge >= 0.3 is 5.97 Å². The molecular formula is C19H17FO4S. The van der Waals surface area contributed by atoms with Gasteiger partial charge in [0, 0.05) is 11.8 Å². The SMILES string of the molecule is Cc1ccc(C2=C(c3ccc(S(C)(=O)=O)c(F)c3)COC2=O)cc1C. The van der Waals surface area contributed by atoms with Gasteiger partial charge in [-0.05, 0) is 48.2 Å². The molecule has 0 N–H and O–H groups in total. The lowest BCUT2D eigenvalue weighted by Crippen LogP contribution is -2.02. The van der Waals surface area contributed by atoms with Gasteiger partial charge in [-0.3, -0.25) is 0 Å². The van der Waals surface area contributed by atoms with Crippen molar-refractivity contribution in [1.29, 1.82) is 0 Å². The van der Waals surface area contributed by atoms with Crippen LogP contribution >= 0.6 is 0 Å². The molecule has 0 saturated carbocycles. The van der Waals surface area contributed by atoms with Crippen molar-refractivity contribution in [2.75, 3.05) is 12.9 Å². The standard InChI is InChI=1S/C19H17FO4S/c1-11-4-5-14(8-12(11)2)18-15(10-24-19(18)21)13-6-7-17(16(20)9-13)25(3,22)23/h4-9H,10H2,1-3H3. The molecule has 0 atom stereocenters. The molecule has 0 amide bonds. The fraction of sp³-hybridized carbons (Fsp3) is 0.211. The number of hydrogen-bond donors (Lipinski definition) is 0. The summed E-state index contributed by atoms with van der Waals surface area (Å²) in [6, 6.07) is 9.47. The number of carbonyl (C=O) groups is 1. The van der Waals surface area contributed by atoms with Crippen molar-refractivity contribution in [2.45, 2.75) is 18.7 Å². The van der Waals surface area contributed by atoms with Crippen LogP contribution < -0.4 is 0 Å². The van der Waals surface area contributed by atoms with Crippen molar-refractivity contribution < 1.29 is 22.3 Å². The first-order chi connectivity index (χ1) is 11.7. The molecule has 0 saturated heterocycles. The van der Waals surface area contributed by atoms with Crippen LogP contribution in [0.4, 0.5) is 4.39 Å². The number of carbonyl (C=O) groups excluding carboxylic acids is 1. The summed E-state index contributed by atoms with van der Waals surface area (Å²) in [7, 11) is -3.65. The largest absolute Gasteiger partial charge is 0.457 e. The van der Waals surface area contributed by atoms with Gasteiger partial charge in [0.15, 0.2) is 9.84 Å². The minimum Gasteiger partial charge on any atom is -0.457 e. The second kappa shape index (κ2) is 6.11. The molecule has 130 valence electrons. The van der Waals surface area contributed by atoms with Gasteiger partial charge in [-0.15, -0.1) is 0 Å². The predicted molar refractivity (Wildman–Crippen MR) is 93.2 cm³/mol. The van der Waals surface area contributed by atoms with Gasteiger partial charge < -0.3 is 4.74 Å². The summed E-state index contributed by atoms with van der Waals surface area (Å²) in [4.78, 5) is 11.8. The average Bonchev–Trinajstić information content (AvgIpc) is 2.90. The summed E-state index contributed by atoms with van der Waals surface area (Å²) in [6.45, 7) is 3.94. The van der Waals surface area contributed by atoms with E-state index in [9.17, 15) is 17.6 Å². The summed E-state index contributed by atoms with van der Waals surface area (Å²) < 4.78 is 42.5. The van der Waals surface area contributed by atoms with Crippen LogP contribution in [0.3, 0.4) is 0 Å². The second-order valence-electron chi connectivity index (χ2n) is 6.15. The molecule has 1 heterocycles. The van der Waals surface area contributed by atoms with Crippen LogP contribution in [-0.2, 0) is 19.4 Å². The molecule has 4 nitrogen and oxygen atoms in total. The van der Waals surface area contributed by atoms with Crippen LogP contribution in [0.1, 0.15) is 22.3 Å². The summed E-state index contributed by atoms with van der Waals surface area (Å²) >= 11 is 0. The quantitative estimate of drug-likeness (QED) is 0.788. The molecule has 0 aromatic heterocycles. The topological polar surface area (TPSA) is 60.4 Å². The summed E-state index contributed by atoms with van der Waals surface area (Å²) in [6.07, 6.45) is 0.951. The van der Waals surface area contributed by atoms with E-state index < -0.39 is 21.6 Å². The molecule has 0 fully saturated rings. The highest BCUT2D eigenvalue weighted by molar-refractivity contribution is 7.90. The molecule has 2 aromatic rings. The second-order valence-corrected chi connectivity index (χ2v) is 8.13. The zero-order chi connectivity index (χ0) is 18.4. The lowest BCUT2D eigenvalue weighted by Gasteiger charge is -2.08. The number of hydrogen-bond acceptors (Lipinski definition) is 4.